The van der Waals surface area contributed by atoms with Crippen LogP contribution < -0.4 is 10.6 Å². The summed E-state index contributed by atoms with van der Waals surface area (Å²) >= 11 is 0. The number of hydrogen-bond donors (Lipinski definition) is 2. The molecule has 2 heterocycles. The molecule has 1 aromatic heterocycles. The van der Waals surface area contributed by atoms with Gasteiger partial charge in [0.15, 0.2) is 5.96 Å². The van der Waals surface area contributed by atoms with Crippen LogP contribution in [0.5, 0.6) is 0 Å². The van der Waals surface area contributed by atoms with Gasteiger partial charge in [-0.05, 0) is 55.5 Å². The molecule has 2 aromatic rings. The fraction of sp³-hybridized carbons (Fsp3) is 0.500. The van der Waals surface area contributed by atoms with Gasteiger partial charge in [-0.15, -0.1) is 24.0 Å². The molecule has 1 fully saturated rings. The second kappa shape index (κ2) is 12.1. The van der Waals surface area contributed by atoms with Gasteiger partial charge in [-0.1, -0.05) is 31.2 Å². The number of guanidine groups is 1. The molecular formula is C22H33IN4O. The van der Waals surface area contributed by atoms with E-state index in [1.165, 1.54) is 37.1 Å². The number of benzene rings is 1. The van der Waals surface area contributed by atoms with Crippen molar-refractivity contribution in [3.8, 4) is 0 Å². The number of hydrogen-bond acceptors (Lipinski definition) is 3. The monoisotopic (exact) mass is 496 g/mol. The quantitative estimate of drug-likeness (QED) is 0.339. The Morgan fingerprint density at radius 3 is 2.71 bits per heavy atom. The molecule has 0 spiro atoms. The van der Waals surface area contributed by atoms with Crippen molar-refractivity contribution < 1.29 is 4.42 Å². The summed E-state index contributed by atoms with van der Waals surface area (Å²) in [7, 11) is 0. The van der Waals surface area contributed by atoms with Crippen molar-refractivity contribution in [3.63, 3.8) is 0 Å². The summed E-state index contributed by atoms with van der Waals surface area (Å²) in [6.07, 6.45) is 4.36. The van der Waals surface area contributed by atoms with Crippen LogP contribution in [0, 0.1) is 5.92 Å². The van der Waals surface area contributed by atoms with Gasteiger partial charge in [0, 0.05) is 19.6 Å². The first-order valence-corrected chi connectivity index (χ1v) is 10.1. The molecule has 0 radical (unpaired) electrons. The Morgan fingerprint density at radius 2 is 2.00 bits per heavy atom. The number of nitrogens with one attached hydrogen (secondary N) is 2. The minimum Gasteiger partial charge on any atom is -0.467 e. The van der Waals surface area contributed by atoms with Crippen molar-refractivity contribution in [1.29, 1.82) is 0 Å². The molecule has 2 N–H and O–H groups in total. The predicted molar refractivity (Wildman–Crippen MR) is 126 cm³/mol. The lowest BCUT2D eigenvalue weighted by Crippen LogP contribution is -2.36. The van der Waals surface area contributed by atoms with Gasteiger partial charge < -0.3 is 15.1 Å². The highest BCUT2D eigenvalue weighted by atomic mass is 127. The normalized spacial score (nSPS) is 17.8. The average molecular weight is 496 g/mol. The van der Waals surface area contributed by atoms with E-state index < -0.39 is 0 Å². The van der Waals surface area contributed by atoms with Crippen LogP contribution in [0.4, 0.5) is 0 Å². The maximum atomic E-state index is 5.39. The van der Waals surface area contributed by atoms with Crippen molar-refractivity contribution in [2.45, 2.75) is 46.3 Å². The first kappa shape index (κ1) is 22.7. The van der Waals surface area contributed by atoms with Gasteiger partial charge in [-0.2, -0.15) is 0 Å². The Hall–Kier alpha value is -1.54. The predicted octanol–water partition coefficient (Wildman–Crippen LogP) is 4.38. The van der Waals surface area contributed by atoms with E-state index in [0.717, 1.165) is 30.7 Å². The van der Waals surface area contributed by atoms with Crippen molar-refractivity contribution in [2.75, 3.05) is 19.6 Å². The Balaban J connectivity index is 0.00000280. The molecule has 1 aliphatic rings. The van der Waals surface area contributed by atoms with E-state index in [-0.39, 0.29) is 24.0 Å². The Labute approximate surface area is 186 Å². The number of piperidine rings is 1. The van der Waals surface area contributed by atoms with Crippen LogP contribution in [-0.4, -0.2) is 30.5 Å². The molecule has 5 nitrogen and oxygen atoms in total. The summed E-state index contributed by atoms with van der Waals surface area (Å²) < 4.78 is 5.39. The van der Waals surface area contributed by atoms with Crippen molar-refractivity contribution in [1.82, 2.24) is 15.5 Å². The number of rotatable bonds is 7. The Morgan fingerprint density at radius 1 is 1.18 bits per heavy atom. The number of halogens is 1. The Kier molecular flexibility index (Phi) is 9.84. The molecule has 0 bridgehead atoms. The van der Waals surface area contributed by atoms with E-state index in [0.29, 0.717) is 13.1 Å². The Bertz CT molecular complexity index is 717. The second-order valence-electron chi connectivity index (χ2n) is 7.38. The zero-order valence-corrected chi connectivity index (χ0v) is 19.3. The molecule has 1 aromatic carbocycles. The number of furan rings is 1. The molecule has 1 aliphatic heterocycles. The third-order valence-electron chi connectivity index (χ3n) is 5.02. The van der Waals surface area contributed by atoms with Crippen LogP contribution in [0.15, 0.2) is 52.1 Å². The molecule has 1 saturated heterocycles. The fourth-order valence-corrected chi connectivity index (χ4v) is 3.63. The fourth-order valence-electron chi connectivity index (χ4n) is 3.63. The van der Waals surface area contributed by atoms with Gasteiger partial charge in [0.2, 0.25) is 0 Å². The molecule has 0 saturated carbocycles. The zero-order chi connectivity index (χ0) is 18.9. The molecule has 28 heavy (non-hydrogen) atoms. The number of likely N-dealkylation sites (tertiary alicyclic amines) is 1. The number of nitrogens with zero attached hydrogens (tertiary/aromatic N) is 2. The molecule has 154 valence electrons. The highest BCUT2D eigenvalue weighted by Gasteiger charge is 2.17. The van der Waals surface area contributed by atoms with E-state index in [1.54, 1.807) is 6.26 Å². The first-order valence-electron chi connectivity index (χ1n) is 10.1. The summed E-state index contributed by atoms with van der Waals surface area (Å²) in [4.78, 5) is 7.37. The summed E-state index contributed by atoms with van der Waals surface area (Å²) in [5.74, 6) is 2.52. The third-order valence-corrected chi connectivity index (χ3v) is 5.02. The van der Waals surface area contributed by atoms with E-state index in [9.17, 15) is 0 Å². The summed E-state index contributed by atoms with van der Waals surface area (Å²) in [6, 6.07) is 12.5. The lowest BCUT2D eigenvalue weighted by molar-refractivity contribution is 0.176. The molecule has 0 aliphatic carbocycles. The van der Waals surface area contributed by atoms with Gasteiger partial charge in [0.1, 0.15) is 5.76 Å². The largest absolute Gasteiger partial charge is 0.467 e. The van der Waals surface area contributed by atoms with E-state index in [1.807, 2.05) is 12.1 Å². The molecule has 1 atom stereocenters. The smallest absolute Gasteiger partial charge is 0.191 e. The van der Waals surface area contributed by atoms with Crippen LogP contribution in [0.3, 0.4) is 0 Å². The van der Waals surface area contributed by atoms with E-state index >= 15 is 0 Å². The van der Waals surface area contributed by atoms with E-state index in [2.05, 4.69) is 53.6 Å². The van der Waals surface area contributed by atoms with Crippen molar-refractivity contribution in [3.05, 3.63) is 59.5 Å². The van der Waals surface area contributed by atoms with Crippen LogP contribution in [0.2, 0.25) is 0 Å². The molecule has 0 amide bonds. The third kappa shape index (κ3) is 7.13. The van der Waals surface area contributed by atoms with Gasteiger partial charge >= 0.3 is 0 Å². The molecule has 6 heteroatoms. The average Bonchev–Trinajstić information content (AvgIpc) is 3.19. The van der Waals surface area contributed by atoms with Gasteiger partial charge in [-0.3, -0.25) is 4.90 Å². The van der Waals surface area contributed by atoms with Crippen LogP contribution in [-0.2, 0) is 19.6 Å². The lowest BCUT2D eigenvalue weighted by atomic mass is 9.99. The summed E-state index contributed by atoms with van der Waals surface area (Å²) in [6.45, 7) is 9.99. The maximum Gasteiger partial charge on any atom is 0.191 e. The van der Waals surface area contributed by atoms with Gasteiger partial charge in [0.05, 0.1) is 19.4 Å². The van der Waals surface area contributed by atoms with Crippen LogP contribution in [0.1, 0.15) is 43.6 Å². The van der Waals surface area contributed by atoms with Crippen molar-refractivity contribution in [2.24, 2.45) is 10.9 Å². The second-order valence-corrected chi connectivity index (χ2v) is 7.38. The molecular weight excluding hydrogens is 463 g/mol. The van der Waals surface area contributed by atoms with Crippen LogP contribution >= 0.6 is 24.0 Å². The highest BCUT2D eigenvalue weighted by molar-refractivity contribution is 14.0. The van der Waals surface area contributed by atoms with Gasteiger partial charge in [0.25, 0.3) is 0 Å². The lowest BCUT2D eigenvalue weighted by Gasteiger charge is -2.31. The van der Waals surface area contributed by atoms with Gasteiger partial charge in [-0.25, -0.2) is 4.99 Å². The SMILES string of the molecule is CCNC(=NCc1ccccc1CN1CCCC(C)C1)NCc1ccco1.I. The molecule has 1 unspecified atom stereocenters. The topological polar surface area (TPSA) is 52.8 Å². The molecule has 3 rings (SSSR count). The van der Waals surface area contributed by atoms with Crippen LogP contribution in [0.25, 0.3) is 0 Å². The van der Waals surface area contributed by atoms with E-state index in [4.69, 9.17) is 9.41 Å². The standard InChI is InChI=1S/C22H32N4O.HI/c1-3-23-22(25-15-21-11-7-13-27-21)24-14-19-9-4-5-10-20(19)17-26-12-6-8-18(2)16-26;/h4-5,7,9-11,13,18H,3,6,8,12,14-17H2,1-2H3,(H2,23,24,25);1H. The first-order chi connectivity index (χ1) is 13.2. The summed E-state index contributed by atoms with van der Waals surface area (Å²) in [5.41, 5.74) is 2.68. The zero-order valence-electron chi connectivity index (χ0n) is 17.0. The minimum atomic E-state index is 0. The highest BCUT2D eigenvalue weighted by Crippen LogP contribution is 2.20. The summed E-state index contributed by atoms with van der Waals surface area (Å²) in [5, 5.41) is 6.64. The number of aliphatic imine (C=N–C) groups is 1. The van der Waals surface area contributed by atoms with Crippen molar-refractivity contribution >= 4 is 29.9 Å². The minimum absolute atomic E-state index is 0. The maximum absolute atomic E-state index is 5.39.